The van der Waals surface area contributed by atoms with Crippen molar-refractivity contribution in [1.29, 1.82) is 0 Å². The summed E-state index contributed by atoms with van der Waals surface area (Å²) in [6, 6.07) is 5.35. The van der Waals surface area contributed by atoms with Gasteiger partial charge in [0.2, 0.25) is 0 Å². The third kappa shape index (κ3) is 5.39. The summed E-state index contributed by atoms with van der Waals surface area (Å²) in [5, 5.41) is 0. The summed E-state index contributed by atoms with van der Waals surface area (Å²) in [6.07, 6.45) is 5.72. The lowest BCUT2D eigenvalue weighted by Gasteiger charge is -2.06. The Hall–Kier alpha value is -1.25. The van der Waals surface area contributed by atoms with E-state index < -0.39 is 11.7 Å². The SMILES string of the molecule is CCCCC[CH]/C=C/c1cccc(C(F)(F)F)c1. The van der Waals surface area contributed by atoms with Crippen LogP contribution in [0.2, 0.25) is 0 Å². The van der Waals surface area contributed by atoms with Crippen LogP contribution < -0.4 is 0 Å². The molecular formula is C15H18F3. The van der Waals surface area contributed by atoms with Gasteiger partial charge in [-0.05, 0) is 30.5 Å². The van der Waals surface area contributed by atoms with Gasteiger partial charge in [0.1, 0.15) is 0 Å². The molecule has 3 heteroatoms. The third-order valence-corrected chi connectivity index (χ3v) is 2.61. The zero-order chi connectivity index (χ0) is 13.4. The number of allylic oxidation sites excluding steroid dienone is 1. The van der Waals surface area contributed by atoms with Crippen molar-refractivity contribution in [3.63, 3.8) is 0 Å². The van der Waals surface area contributed by atoms with Gasteiger partial charge in [-0.25, -0.2) is 0 Å². The van der Waals surface area contributed by atoms with E-state index in [0.717, 1.165) is 25.0 Å². The molecule has 99 valence electrons. The van der Waals surface area contributed by atoms with E-state index in [9.17, 15) is 13.2 Å². The zero-order valence-corrected chi connectivity index (χ0v) is 10.5. The number of alkyl halides is 3. The Kier molecular flexibility index (Phi) is 5.96. The van der Waals surface area contributed by atoms with Gasteiger partial charge in [-0.3, -0.25) is 0 Å². The monoisotopic (exact) mass is 255 g/mol. The van der Waals surface area contributed by atoms with E-state index >= 15 is 0 Å². The zero-order valence-electron chi connectivity index (χ0n) is 10.5. The van der Waals surface area contributed by atoms with Crippen LogP contribution >= 0.6 is 0 Å². The molecule has 1 aromatic carbocycles. The maximum Gasteiger partial charge on any atom is 0.416 e. The van der Waals surface area contributed by atoms with E-state index in [1.807, 2.05) is 12.5 Å². The predicted molar refractivity (Wildman–Crippen MR) is 68.9 cm³/mol. The fourth-order valence-electron chi connectivity index (χ4n) is 1.61. The smallest absolute Gasteiger partial charge is 0.166 e. The molecule has 0 nitrogen and oxygen atoms in total. The van der Waals surface area contributed by atoms with Crippen LogP contribution in [0.25, 0.3) is 6.08 Å². The molecule has 1 radical (unpaired) electrons. The molecule has 0 unspecified atom stereocenters. The van der Waals surface area contributed by atoms with Gasteiger partial charge in [0, 0.05) is 0 Å². The molecule has 0 aromatic heterocycles. The number of halogens is 3. The van der Waals surface area contributed by atoms with E-state index in [1.165, 1.54) is 18.9 Å². The van der Waals surface area contributed by atoms with Crippen molar-refractivity contribution < 1.29 is 13.2 Å². The van der Waals surface area contributed by atoms with Crippen molar-refractivity contribution >= 4 is 6.08 Å². The van der Waals surface area contributed by atoms with Crippen LogP contribution in [-0.2, 0) is 6.18 Å². The molecule has 0 heterocycles. The van der Waals surface area contributed by atoms with E-state index in [2.05, 4.69) is 6.92 Å². The van der Waals surface area contributed by atoms with E-state index in [1.54, 1.807) is 12.1 Å². The summed E-state index contributed by atoms with van der Waals surface area (Å²) in [5.41, 5.74) is -0.0211. The molecule has 0 aliphatic rings. The van der Waals surface area contributed by atoms with Gasteiger partial charge in [0.15, 0.2) is 0 Å². The molecule has 0 spiro atoms. The number of unbranched alkanes of at least 4 members (excludes halogenated alkanes) is 4. The van der Waals surface area contributed by atoms with Gasteiger partial charge in [-0.15, -0.1) is 0 Å². The minimum atomic E-state index is -4.27. The van der Waals surface area contributed by atoms with Gasteiger partial charge in [0.25, 0.3) is 0 Å². The fraction of sp³-hybridized carbons (Fsp3) is 0.400. The van der Waals surface area contributed by atoms with Crippen LogP contribution in [-0.4, -0.2) is 0 Å². The lowest BCUT2D eigenvalue weighted by Crippen LogP contribution is -2.04. The fourth-order valence-corrected chi connectivity index (χ4v) is 1.61. The van der Waals surface area contributed by atoms with Crippen LogP contribution in [0.1, 0.15) is 43.7 Å². The number of rotatable bonds is 6. The topological polar surface area (TPSA) is 0 Å². The molecule has 0 aliphatic carbocycles. The highest BCUT2D eigenvalue weighted by molar-refractivity contribution is 5.51. The van der Waals surface area contributed by atoms with Gasteiger partial charge in [0.05, 0.1) is 5.56 Å². The minimum Gasteiger partial charge on any atom is -0.166 e. The molecule has 0 bridgehead atoms. The summed E-state index contributed by atoms with van der Waals surface area (Å²) < 4.78 is 37.4. The lowest BCUT2D eigenvalue weighted by molar-refractivity contribution is -0.137. The Morgan fingerprint density at radius 1 is 1.17 bits per heavy atom. The largest absolute Gasteiger partial charge is 0.416 e. The van der Waals surface area contributed by atoms with Gasteiger partial charge in [-0.2, -0.15) is 13.2 Å². The first-order valence-corrected chi connectivity index (χ1v) is 6.21. The molecule has 0 saturated heterocycles. The predicted octanol–water partition coefficient (Wildman–Crippen LogP) is 5.50. The Balaban J connectivity index is 2.49. The van der Waals surface area contributed by atoms with Crippen molar-refractivity contribution in [2.75, 3.05) is 0 Å². The highest BCUT2D eigenvalue weighted by Crippen LogP contribution is 2.29. The number of hydrogen-bond acceptors (Lipinski definition) is 0. The normalized spacial score (nSPS) is 12.2. The van der Waals surface area contributed by atoms with Gasteiger partial charge < -0.3 is 0 Å². The third-order valence-electron chi connectivity index (χ3n) is 2.61. The van der Waals surface area contributed by atoms with E-state index in [-0.39, 0.29) is 0 Å². The molecule has 1 rings (SSSR count). The average molecular weight is 255 g/mol. The summed E-state index contributed by atoms with van der Waals surface area (Å²) >= 11 is 0. The number of benzene rings is 1. The first-order chi connectivity index (χ1) is 8.54. The van der Waals surface area contributed by atoms with Crippen molar-refractivity contribution in [3.05, 3.63) is 47.9 Å². The quantitative estimate of drug-likeness (QED) is 0.588. The van der Waals surface area contributed by atoms with Gasteiger partial charge >= 0.3 is 6.18 Å². The molecule has 0 fully saturated rings. The second kappa shape index (κ2) is 7.24. The second-order valence-corrected chi connectivity index (χ2v) is 4.21. The molecule has 0 N–H and O–H groups in total. The Labute approximate surface area is 107 Å². The molecule has 0 saturated carbocycles. The summed E-state index contributed by atoms with van der Waals surface area (Å²) in [4.78, 5) is 0. The summed E-state index contributed by atoms with van der Waals surface area (Å²) in [6.45, 7) is 2.14. The molecule has 0 atom stereocenters. The number of hydrogen-bond donors (Lipinski definition) is 0. The first-order valence-electron chi connectivity index (χ1n) is 6.21. The Morgan fingerprint density at radius 2 is 1.94 bits per heavy atom. The Bertz CT molecular complexity index is 378. The molecular weight excluding hydrogens is 237 g/mol. The first kappa shape index (κ1) is 14.8. The second-order valence-electron chi connectivity index (χ2n) is 4.21. The van der Waals surface area contributed by atoms with E-state index in [0.29, 0.717) is 5.56 Å². The van der Waals surface area contributed by atoms with E-state index in [4.69, 9.17) is 0 Å². The van der Waals surface area contributed by atoms with Gasteiger partial charge in [-0.1, -0.05) is 50.5 Å². The minimum absolute atomic E-state index is 0.580. The standard InChI is InChI=1S/C15H18F3/c1-2-3-4-5-6-7-9-13-10-8-11-14(12-13)15(16,17)18/h6-12H,2-5H2,1H3/b9-7+. The molecule has 1 aromatic rings. The molecule has 0 amide bonds. The maximum absolute atomic E-state index is 12.5. The van der Waals surface area contributed by atoms with Crippen LogP contribution in [0, 0.1) is 6.42 Å². The van der Waals surface area contributed by atoms with Crippen LogP contribution in [0.4, 0.5) is 13.2 Å². The summed E-state index contributed by atoms with van der Waals surface area (Å²) in [7, 11) is 0. The molecule has 18 heavy (non-hydrogen) atoms. The van der Waals surface area contributed by atoms with Crippen molar-refractivity contribution in [2.24, 2.45) is 0 Å². The van der Waals surface area contributed by atoms with Crippen LogP contribution in [0.15, 0.2) is 30.3 Å². The van der Waals surface area contributed by atoms with Crippen LogP contribution in [0.3, 0.4) is 0 Å². The van der Waals surface area contributed by atoms with Crippen LogP contribution in [0.5, 0.6) is 0 Å². The Morgan fingerprint density at radius 3 is 2.61 bits per heavy atom. The highest BCUT2D eigenvalue weighted by atomic mass is 19.4. The lowest BCUT2D eigenvalue weighted by atomic mass is 10.1. The molecule has 0 aliphatic heterocycles. The van der Waals surface area contributed by atoms with Crippen molar-refractivity contribution in [1.82, 2.24) is 0 Å². The van der Waals surface area contributed by atoms with Crippen molar-refractivity contribution in [3.8, 4) is 0 Å². The maximum atomic E-state index is 12.5. The summed E-state index contributed by atoms with van der Waals surface area (Å²) in [5.74, 6) is 0. The average Bonchev–Trinajstić information content (AvgIpc) is 2.33. The highest BCUT2D eigenvalue weighted by Gasteiger charge is 2.30. The van der Waals surface area contributed by atoms with Crippen molar-refractivity contribution in [2.45, 2.75) is 38.8 Å².